The van der Waals surface area contributed by atoms with Gasteiger partial charge in [0.25, 0.3) is 0 Å². The Morgan fingerprint density at radius 3 is 2.48 bits per heavy atom. The second-order valence-electron chi connectivity index (χ2n) is 6.86. The van der Waals surface area contributed by atoms with Gasteiger partial charge in [-0.2, -0.15) is 0 Å². The van der Waals surface area contributed by atoms with Gasteiger partial charge >= 0.3 is 0 Å². The van der Waals surface area contributed by atoms with Crippen LogP contribution in [0, 0.1) is 34.6 Å². The zero-order chi connectivity index (χ0) is 17.9. The predicted octanol–water partition coefficient (Wildman–Crippen LogP) is 4.78. The van der Waals surface area contributed by atoms with Crippen LogP contribution in [0.2, 0.25) is 0 Å². The number of hydrogen-bond donors (Lipinski definition) is 0. The summed E-state index contributed by atoms with van der Waals surface area (Å²) in [6, 6.07) is 6.58. The van der Waals surface area contributed by atoms with E-state index in [1.807, 2.05) is 6.92 Å². The summed E-state index contributed by atoms with van der Waals surface area (Å²) in [5.74, 6) is 1.83. The van der Waals surface area contributed by atoms with Gasteiger partial charge in [0.15, 0.2) is 5.82 Å². The molecule has 2 aromatic heterocycles. The molecule has 1 aliphatic heterocycles. The number of hydrogen-bond acceptors (Lipinski definition) is 4. The summed E-state index contributed by atoms with van der Waals surface area (Å²) in [5.41, 5.74) is 7.35. The van der Waals surface area contributed by atoms with Crippen molar-refractivity contribution in [2.45, 2.75) is 47.6 Å². The zero-order valence-electron chi connectivity index (χ0n) is 15.5. The lowest BCUT2D eigenvalue weighted by atomic mass is 9.97. The lowest BCUT2D eigenvalue weighted by Crippen LogP contribution is -2.07. The maximum atomic E-state index is 5.09. The van der Waals surface area contributed by atoms with Crippen molar-refractivity contribution in [3.63, 3.8) is 0 Å². The second kappa shape index (κ2) is 5.63. The molecule has 1 aromatic carbocycles. The Morgan fingerprint density at radius 2 is 1.76 bits per heavy atom. The van der Waals surface area contributed by atoms with E-state index in [-0.39, 0.29) is 6.04 Å². The average Bonchev–Trinajstić information content (AvgIpc) is 3.04. The highest BCUT2D eigenvalue weighted by Crippen LogP contribution is 2.38. The Morgan fingerprint density at radius 1 is 1.00 bits per heavy atom. The van der Waals surface area contributed by atoms with Crippen LogP contribution in [0.3, 0.4) is 0 Å². The van der Waals surface area contributed by atoms with Crippen LogP contribution < -0.4 is 0 Å². The number of rotatable bonds is 1. The van der Waals surface area contributed by atoms with E-state index in [0.717, 1.165) is 17.4 Å². The summed E-state index contributed by atoms with van der Waals surface area (Å²) >= 11 is 1.80. The van der Waals surface area contributed by atoms with Crippen LogP contribution in [0.15, 0.2) is 23.2 Å². The van der Waals surface area contributed by atoms with Crippen LogP contribution in [0.25, 0.3) is 5.00 Å². The molecule has 25 heavy (non-hydrogen) atoms. The van der Waals surface area contributed by atoms with Gasteiger partial charge < -0.3 is 0 Å². The van der Waals surface area contributed by atoms with Crippen LogP contribution in [0.1, 0.15) is 57.3 Å². The van der Waals surface area contributed by atoms with Gasteiger partial charge in [0.1, 0.15) is 16.9 Å². The number of aryl methyl sites for hydroxylation is 4. The van der Waals surface area contributed by atoms with Crippen LogP contribution in [0.5, 0.6) is 0 Å². The lowest BCUT2D eigenvalue weighted by molar-refractivity contribution is 0.724. The van der Waals surface area contributed by atoms with Crippen molar-refractivity contribution >= 4 is 17.0 Å². The minimum Gasteiger partial charge on any atom is -0.273 e. The number of fused-ring (bicyclic) bond motifs is 3. The number of aromatic nitrogens is 3. The van der Waals surface area contributed by atoms with Gasteiger partial charge in [-0.3, -0.25) is 9.56 Å². The van der Waals surface area contributed by atoms with Gasteiger partial charge in [-0.05, 0) is 64.3 Å². The van der Waals surface area contributed by atoms with Gasteiger partial charge in [0.05, 0.1) is 5.71 Å². The first kappa shape index (κ1) is 16.2. The highest BCUT2D eigenvalue weighted by molar-refractivity contribution is 7.15. The van der Waals surface area contributed by atoms with E-state index in [1.165, 1.54) is 37.7 Å². The molecule has 1 unspecified atom stereocenters. The molecule has 1 atom stereocenters. The molecule has 3 heterocycles. The molecule has 0 radical (unpaired) electrons. The van der Waals surface area contributed by atoms with Crippen molar-refractivity contribution in [3.05, 3.63) is 62.5 Å². The maximum Gasteiger partial charge on any atom is 0.162 e. The first-order valence-corrected chi connectivity index (χ1v) is 9.38. The Hall–Kier alpha value is -2.27. The minimum atomic E-state index is -0.0304. The number of benzene rings is 1. The third-order valence-electron chi connectivity index (χ3n) is 5.13. The van der Waals surface area contributed by atoms with Gasteiger partial charge in [0.2, 0.25) is 0 Å². The van der Waals surface area contributed by atoms with Crippen LogP contribution >= 0.6 is 11.3 Å². The quantitative estimate of drug-likeness (QED) is 0.634. The van der Waals surface area contributed by atoms with Crippen molar-refractivity contribution in [1.29, 1.82) is 0 Å². The molecule has 0 aliphatic carbocycles. The third kappa shape index (κ3) is 2.37. The molecule has 0 bridgehead atoms. The molecule has 3 aromatic rings. The summed E-state index contributed by atoms with van der Waals surface area (Å²) in [7, 11) is 0. The fourth-order valence-electron chi connectivity index (χ4n) is 3.37. The fourth-order valence-corrected chi connectivity index (χ4v) is 4.58. The molecule has 0 N–H and O–H groups in total. The van der Waals surface area contributed by atoms with Gasteiger partial charge in [0, 0.05) is 16.0 Å². The predicted molar refractivity (Wildman–Crippen MR) is 103 cm³/mol. The lowest BCUT2D eigenvalue weighted by Gasteiger charge is -2.11. The van der Waals surface area contributed by atoms with Gasteiger partial charge in [-0.15, -0.1) is 21.5 Å². The first-order valence-electron chi connectivity index (χ1n) is 8.56. The summed E-state index contributed by atoms with van der Waals surface area (Å²) < 4.78 is 2.18. The SMILES string of the molecule is Cc1ccc(C2=NC(C)c3nnc(C)n3-c3sc(C)c(C)c32)cc1C. The van der Waals surface area contributed by atoms with Crippen LogP contribution in [-0.2, 0) is 0 Å². The Bertz CT molecular complexity index is 1020. The van der Waals surface area contributed by atoms with E-state index in [2.05, 4.69) is 67.6 Å². The molecular weight excluding hydrogens is 328 g/mol. The maximum absolute atomic E-state index is 5.09. The minimum absolute atomic E-state index is 0.0304. The second-order valence-corrected chi connectivity index (χ2v) is 8.06. The molecule has 0 saturated heterocycles. The summed E-state index contributed by atoms with van der Waals surface area (Å²) in [6.45, 7) is 12.8. The third-order valence-corrected chi connectivity index (χ3v) is 6.33. The van der Waals surface area contributed by atoms with Gasteiger partial charge in [-0.25, -0.2) is 0 Å². The zero-order valence-corrected chi connectivity index (χ0v) is 16.3. The molecule has 1 aliphatic rings. The largest absolute Gasteiger partial charge is 0.273 e. The number of nitrogens with zero attached hydrogens (tertiary/aromatic N) is 4. The van der Waals surface area contributed by atoms with Crippen molar-refractivity contribution in [2.75, 3.05) is 0 Å². The van der Waals surface area contributed by atoms with E-state index in [9.17, 15) is 0 Å². The standard InChI is InChI=1S/C20H22N4S/c1-10-7-8-16(9-11(10)2)18-17-12(3)14(5)25-20(17)24-15(6)22-23-19(24)13(4)21-18/h7-9,13H,1-6H3. The Kier molecular flexibility index (Phi) is 3.65. The molecule has 0 spiro atoms. The van der Waals surface area contributed by atoms with E-state index in [4.69, 9.17) is 4.99 Å². The van der Waals surface area contributed by atoms with Crippen LogP contribution in [-0.4, -0.2) is 20.5 Å². The average molecular weight is 350 g/mol. The number of thiophene rings is 1. The van der Waals surface area contributed by atoms with Crippen molar-refractivity contribution in [3.8, 4) is 5.00 Å². The molecule has 128 valence electrons. The molecular formula is C20H22N4S. The molecule has 0 fully saturated rings. The normalized spacial score (nSPS) is 16.2. The Labute approximate surface area is 152 Å². The topological polar surface area (TPSA) is 43.1 Å². The Balaban J connectivity index is 2.05. The van der Waals surface area contributed by atoms with Crippen molar-refractivity contribution in [2.24, 2.45) is 4.99 Å². The van der Waals surface area contributed by atoms with E-state index < -0.39 is 0 Å². The monoisotopic (exact) mass is 350 g/mol. The highest BCUT2D eigenvalue weighted by Gasteiger charge is 2.29. The molecule has 4 nitrogen and oxygen atoms in total. The van der Waals surface area contributed by atoms with Crippen molar-refractivity contribution in [1.82, 2.24) is 14.8 Å². The van der Waals surface area contributed by atoms with Crippen LogP contribution in [0.4, 0.5) is 0 Å². The summed E-state index contributed by atoms with van der Waals surface area (Å²) in [6.07, 6.45) is 0. The fraction of sp³-hybridized carbons (Fsp3) is 0.350. The van der Waals surface area contributed by atoms with E-state index in [1.54, 1.807) is 11.3 Å². The first-order chi connectivity index (χ1) is 11.9. The van der Waals surface area contributed by atoms with Crippen molar-refractivity contribution < 1.29 is 0 Å². The summed E-state index contributed by atoms with van der Waals surface area (Å²) in [5, 5.41) is 9.90. The molecule has 0 amide bonds. The van der Waals surface area contributed by atoms with E-state index in [0.29, 0.717) is 0 Å². The molecule has 0 saturated carbocycles. The molecule has 5 heteroatoms. The molecule has 4 rings (SSSR count). The highest BCUT2D eigenvalue weighted by atomic mass is 32.1. The summed E-state index contributed by atoms with van der Waals surface area (Å²) in [4.78, 5) is 6.40. The number of aliphatic imine (C=N–C) groups is 1. The van der Waals surface area contributed by atoms with E-state index >= 15 is 0 Å². The van der Waals surface area contributed by atoms with Gasteiger partial charge in [-0.1, -0.05) is 12.1 Å². The smallest absolute Gasteiger partial charge is 0.162 e.